The molecule has 0 bridgehead atoms. The van der Waals surface area contributed by atoms with Crippen molar-refractivity contribution in [2.45, 2.75) is 145 Å². The lowest BCUT2D eigenvalue weighted by atomic mass is 9.84. The molecule has 8 rings (SSSR count). The lowest BCUT2D eigenvalue weighted by Gasteiger charge is -2.45. The van der Waals surface area contributed by atoms with Crippen molar-refractivity contribution in [3.8, 4) is 0 Å². The number of para-hydroxylation sites is 2. The number of hydrogen-bond donors (Lipinski definition) is 2. The van der Waals surface area contributed by atoms with Crippen LogP contribution in [0.2, 0.25) is 0 Å². The molecule has 0 atom stereocenters. The largest absolute Gasteiger partial charge is 0.483 e. The number of nitrogens with one attached hydrogen (secondary N) is 1. The summed E-state index contributed by atoms with van der Waals surface area (Å²) < 4.78 is 161. The second-order valence-corrected chi connectivity index (χ2v) is 18.9. The molecule has 398 valence electrons. The van der Waals surface area contributed by atoms with Gasteiger partial charge in [0.1, 0.15) is 0 Å². The zero-order valence-corrected chi connectivity index (χ0v) is 39.2. The van der Waals surface area contributed by atoms with E-state index in [9.17, 15) is 62.3 Å². The van der Waals surface area contributed by atoms with E-state index in [2.05, 4.69) is 66.7 Å². The summed E-state index contributed by atoms with van der Waals surface area (Å²) in [4.78, 5) is 41.7. The average Bonchev–Trinajstić information content (AvgIpc) is 3.88. The molecule has 0 saturated carbocycles. The van der Waals surface area contributed by atoms with Gasteiger partial charge in [-0.05, 0) is 119 Å². The Morgan fingerprint density at radius 1 is 0.620 bits per heavy atom. The fourth-order valence-corrected chi connectivity index (χ4v) is 11.2. The van der Waals surface area contributed by atoms with Crippen LogP contribution in [0.5, 0.6) is 0 Å². The molecule has 4 fully saturated rings. The van der Waals surface area contributed by atoms with Crippen LogP contribution in [0, 0.1) is 0 Å². The Balaban J connectivity index is 0.000000221. The summed E-state index contributed by atoms with van der Waals surface area (Å²) in [6, 6.07) is 12.6. The summed E-state index contributed by atoms with van der Waals surface area (Å²) in [5.74, 6) is 0. The first-order valence-corrected chi connectivity index (χ1v) is 23.8. The molecule has 24 heteroatoms. The molecule has 6 aliphatic rings. The lowest BCUT2D eigenvalue weighted by Crippen LogP contribution is -2.54. The topological polar surface area (TPSA) is 118 Å². The Kier molecular flexibility index (Phi) is 17.6. The average molecular weight is 1030 g/mol. The molecule has 2 aromatic carbocycles. The standard InChI is InChI=1S/C24H31F6N3O2.C22H27F6N3O2.CH2O2/c1-2-31-12-4-8-17-6-3-7-18(19(17)31)16-33-13-5-9-22(33)10-14-32(15-11-22)21(34)35-20(23(25,26)27)24(28,29)30;23-21(24,25)18(22(26,27)28)33-19(32)30-12-8-20(9-13-30)7-3-11-31(20)14-16-5-1-4-15-6-2-10-29-17(15)16;2-1-3/h3,6-7,20H,2,4-5,8-16H2,1H3;1,4-5,18,29H,2-3,6-14H2;1H,(H,2,3). The number of amides is 2. The number of alkyl halides is 12. The van der Waals surface area contributed by atoms with Crippen LogP contribution in [-0.2, 0) is 40.2 Å². The Bertz CT molecular complexity index is 2100. The minimum Gasteiger partial charge on any atom is -0.483 e. The fraction of sp³-hybridized carbons (Fsp3) is 0.681. The minimum atomic E-state index is -5.71. The van der Waals surface area contributed by atoms with Crippen LogP contribution in [0.3, 0.4) is 0 Å². The maximum atomic E-state index is 12.8. The molecule has 2 amide bonds. The summed E-state index contributed by atoms with van der Waals surface area (Å²) in [7, 11) is 0. The van der Waals surface area contributed by atoms with Crippen molar-refractivity contribution in [3.63, 3.8) is 0 Å². The third-order valence-corrected chi connectivity index (χ3v) is 14.7. The number of carboxylic acid groups (broad SMARTS) is 1. The molecule has 71 heavy (non-hydrogen) atoms. The normalized spacial score (nSPS) is 20.4. The van der Waals surface area contributed by atoms with Crippen molar-refractivity contribution in [1.29, 1.82) is 0 Å². The van der Waals surface area contributed by atoms with Gasteiger partial charge in [0.25, 0.3) is 18.7 Å². The van der Waals surface area contributed by atoms with Gasteiger partial charge in [0.15, 0.2) is 0 Å². The van der Waals surface area contributed by atoms with E-state index in [1.807, 2.05) is 6.07 Å². The predicted octanol–water partition coefficient (Wildman–Crippen LogP) is 10.3. The first kappa shape index (κ1) is 55.4. The number of aryl methyl sites for hydroxylation is 2. The Morgan fingerprint density at radius 3 is 1.49 bits per heavy atom. The van der Waals surface area contributed by atoms with E-state index in [4.69, 9.17) is 9.90 Å². The van der Waals surface area contributed by atoms with E-state index in [-0.39, 0.29) is 43.7 Å². The first-order valence-electron chi connectivity index (χ1n) is 23.8. The van der Waals surface area contributed by atoms with Crippen molar-refractivity contribution in [2.75, 3.05) is 69.1 Å². The number of fused-ring (bicyclic) bond motifs is 2. The molecule has 0 radical (unpaired) electrons. The summed E-state index contributed by atoms with van der Waals surface area (Å²) in [5, 5.41) is 10.4. The molecule has 0 aliphatic carbocycles. The molecular formula is C47H60F12N6O6. The molecule has 0 unspecified atom stereocenters. The van der Waals surface area contributed by atoms with Gasteiger partial charge in [0.05, 0.1) is 0 Å². The number of anilines is 2. The van der Waals surface area contributed by atoms with E-state index in [1.165, 1.54) is 27.9 Å². The molecule has 0 aromatic heterocycles. The van der Waals surface area contributed by atoms with E-state index in [1.54, 1.807) is 0 Å². The van der Waals surface area contributed by atoms with Crippen LogP contribution in [0.15, 0.2) is 36.4 Å². The highest BCUT2D eigenvalue weighted by atomic mass is 19.4. The van der Waals surface area contributed by atoms with Crippen LogP contribution < -0.4 is 10.2 Å². The molecule has 2 N–H and O–H groups in total. The molecule has 12 nitrogen and oxygen atoms in total. The molecule has 6 heterocycles. The van der Waals surface area contributed by atoms with Crippen molar-refractivity contribution >= 4 is 30.0 Å². The van der Waals surface area contributed by atoms with E-state index >= 15 is 0 Å². The number of nitrogens with zero attached hydrogens (tertiary/aromatic N) is 5. The summed E-state index contributed by atoms with van der Waals surface area (Å²) in [6.45, 7) is 8.15. The van der Waals surface area contributed by atoms with Gasteiger partial charge in [-0.2, -0.15) is 52.7 Å². The first-order chi connectivity index (χ1) is 33.4. The highest BCUT2D eigenvalue weighted by molar-refractivity contribution is 5.69. The van der Waals surface area contributed by atoms with Gasteiger partial charge >= 0.3 is 36.9 Å². The molecular weight excluding hydrogens is 973 g/mol. The van der Waals surface area contributed by atoms with Crippen LogP contribution >= 0.6 is 0 Å². The molecule has 2 aromatic rings. The van der Waals surface area contributed by atoms with Gasteiger partial charge in [-0.1, -0.05) is 36.4 Å². The monoisotopic (exact) mass is 1030 g/mol. The number of hydrogen-bond acceptors (Lipinski definition) is 9. The Hall–Kier alpha value is -4.87. The number of halogens is 12. The zero-order valence-electron chi connectivity index (χ0n) is 39.2. The summed E-state index contributed by atoms with van der Waals surface area (Å²) in [5.41, 5.74) is 7.06. The summed E-state index contributed by atoms with van der Waals surface area (Å²) in [6.07, 6.45) is -24.4. The number of likely N-dealkylation sites (tertiary alicyclic amines) is 4. The highest BCUT2D eigenvalue weighted by Gasteiger charge is 2.61. The van der Waals surface area contributed by atoms with Gasteiger partial charge < -0.3 is 34.6 Å². The lowest BCUT2D eigenvalue weighted by molar-refractivity contribution is -0.309. The number of carbonyl (C=O) groups is 3. The number of benzene rings is 2. The fourth-order valence-electron chi connectivity index (χ4n) is 11.2. The van der Waals surface area contributed by atoms with Gasteiger partial charge in [0.2, 0.25) is 0 Å². The number of rotatable bonds is 7. The molecule has 4 saturated heterocycles. The smallest absolute Gasteiger partial charge is 0.434 e. The third-order valence-electron chi connectivity index (χ3n) is 14.7. The third kappa shape index (κ3) is 13.2. The number of piperidine rings is 2. The van der Waals surface area contributed by atoms with Gasteiger partial charge in [0, 0.05) is 81.4 Å². The number of ether oxygens (including phenoxy) is 2. The number of carbonyl (C=O) groups excluding carboxylic acids is 2. The second kappa shape index (κ2) is 22.5. The van der Waals surface area contributed by atoms with Crippen molar-refractivity contribution in [2.24, 2.45) is 0 Å². The molecule has 2 spiro atoms. The van der Waals surface area contributed by atoms with Gasteiger partial charge in [-0.25, -0.2) is 9.59 Å². The van der Waals surface area contributed by atoms with Crippen LogP contribution in [0.4, 0.5) is 73.6 Å². The minimum absolute atomic E-state index is 0.0584. The van der Waals surface area contributed by atoms with Crippen LogP contribution in [-0.4, -0.2) is 150 Å². The van der Waals surface area contributed by atoms with Crippen molar-refractivity contribution in [3.05, 3.63) is 58.7 Å². The Labute approximate surface area is 403 Å². The maximum absolute atomic E-state index is 12.8. The maximum Gasteiger partial charge on any atom is 0.434 e. The van der Waals surface area contributed by atoms with Gasteiger partial charge in [-0.3, -0.25) is 14.6 Å². The van der Waals surface area contributed by atoms with E-state index < -0.39 is 49.1 Å². The quantitative estimate of drug-likeness (QED) is 0.205. The Morgan fingerprint density at radius 2 is 1.04 bits per heavy atom. The van der Waals surface area contributed by atoms with Crippen LogP contribution in [0.1, 0.15) is 93.4 Å². The predicted molar refractivity (Wildman–Crippen MR) is 236 cm³/mol. The summed E-state index contributed by atoms with van der Waals surface area (Å²) >= 11 is 0. The van der Waals surface area contributed by atoms with E-state index in [0.717, 1.165) is 106 Å². The second-order valence-electron chi connectivity index (χ2n) is 18.9. The van der Waals surface area contributed by atoms with Crippen LogP contribution in [0.25, 0.3) is 0 Å². The van der Waals surface area contributed by atoms with Crippen molar-refractivity contribution < 1.29 is 81.6 Å². The highest BCUT2D eigenvalue weighted by Crippen LogP contribution is 2.44. The molecule has 6 aliphatic heterocycles. The van der Waals surface area contributed by atoms with E-state index in [0.29, 0.717) is 32.2 Å². The van der Waals surface area contributed by atoms with Gasteiger partial charge in [-0.15, -0.1) is 0 Å². The zero-order chi connectivity index (χ0) is 52.0. The van der Waals surface area contributed by atoms with Crippen molar-refractivity contribution in [1.82, 2.24) is 19.6 Å². The SMILES string of the molecule is CCN1CCCc2cccc(CN3CCCC34CCN(C(=O)OC(C(F)(F)F)C(F)(F)F)CC4)c21.O=C(OC(C(F)(F)F)C(F)(F)F)N1CCC2(CCCN2Cc2cccc3c2NCCC3)CC1.O=CO.